The van der Waals surface area contributed by atoms with Crippen molar-refractivity contribution in [3.8, 4) is 0 Å². The van der Waals surface area contributed by atoms with Gasteiger partial charge >= 0.3 is 11.9 Å². The minimum Gasteiger partial charge on any atom is -0.465 e. The number of carbonyl (C=O) groups is 2. The van der Waals surface area contributed by atoms with Crippen molar-refractivity contribution >= 4 is 11.9 Å². The van der Waals surface area contributed by atoms with Crippen molar-refractivity contribution in [3.63, 3.8) is 0 Å². The summed E-state index contributed by atoms with van der Waals surface area (Å²) in [5, 5.41) is 0. The monoisotopic (exact) mass is 270 g/mol. The molecule has 0 rings (SSSR count). The van der Waals surface area contributed by atoms with Crippen molar-refractivity contribution in [2.75, 3.05) is 13.2 Å². The summed E-state index contributed by atoms with van der Waals surface area (Å²) >= 11 is 0. The van der Waals surface area contributed by atoms with Crippen molar-refractivity contribution in [2.24, 2.45) is 11.3 Å². The Balaban J connectivity index is 5.63. The van der Waals surface area contributed by atoms with Crippen LogP contribution in [0.2, 0.25) is 0 Å². The van der Waals surface area contributed by atoms with E-state index in [2.05, 4.69) is 0 Å². The highest BCUT2D eigenvalue weighted by Crippen LogP contribution is 2.35. The van der Waals surface area contributed by atoms with Crippen LogP contribution in [0, 0.1) is 11.3 Å². The molecule has 110 valence electrons. The number of carbonyl (C=O) groups excluding carboxylic acids is 2. The highest BCUT2D eigenvalue weighted by atomic mass is 16.6. The zero-order valence-corrected chi connectivity index (χ0v) is 12.7. The van der Waals surface area contributed by atoms with Crippen LogP contribution < -0.4 is 0 Å². The molecule has 0 aliphatic carbocycles. The minimum absolute atomic E-state index is 0.173. The Bertz CT molecular complexity index is 302. The first-order valence-electron chi connectivity index (χ1n) is 7.03. The lowest BCUT2D eigenvalue weighted by molar-refractivity contribution is -0.171. The van der Waals surface area contributed by atoms with Crippen molar-refractivity contribution in [1.82, 2.24) is 0 Å². The van der Waals surface area contributed by atoms with E-state index < -0.39 is 17.4 Å². The van der Waals surface area contributed by atoms with E-state index in [1.54, 1.807) is 19.9 Å². The van der Waals surface area contributed by atoms with Gasteiger partial charge in [0.25, 0.3) is 0 Å². The Kier molecular flexibility index (Phi) is 8.12. The molecule has 0 aliphatic heterocycles. The molecule has 0 spiro atoms. The fraction of sp³-hybridized carbons (Fsp3) is 0.733. The van der Waals surface area contributed by atoms with Gasteiger partial charge in [-0.3, -0.25) is 9.59 Å². The highest BCUT2D eigenvalue weighted by Gasteiger charge is 2.50. The topological polar surface area (TPSA) is 52.6 Å². The average Bonchev–Trinajstić information content (AvgIpc) is 2.39. The van der Waals surface area contributed by atoms with E-state index in [9.17, 15) is 9.59 Å². The molecule has 0 aromatic rings. The summed E-state index contributed by atoms with van der Waals surface area (Å²) in [7, 11) is 0. The van der Waals surface area contributed by atoms with Crippen LogP contribution in [0.3, 0.4) is 0 Å². The summed E-state index contributed by atoms with van der Waals surface area (Å²) in [5.41, 5.74) is -1.32. The van der Waals surface area contributed by atoms with Crippen molar-refractivity contribution < 1.29 is 19.1 Å². The van der Waals surface area contributed by atoms with Gasteiger partial charge in [0.05, 0.1) is 13.2 Å². The van der Waals surface area contributed by atoms with Crippen molar-refractivity contribution in [1.29, 1.82) is 0 Å². The first kappa shape index (κ1) is 17.7. The first-order valence-corrected chi connectivity index (χ1v) is 7.03. The molecule has 0 unspecified atom stereocenters. The van der Waals surface area contributed by atoms with E-state index in [1.165, 1.54) is 0 Å². The SMILES string of the molecule is CC/C=C/C(C(=O)OCC)(C(=O)OCC)[C@@H](C)CC. The second-order valence-corrected chi connectivity index (χ2v) is 4.43. The zero-order valence-electron chi connectivity index (χ0n) is 12.7. The fourth-order valence-corrected chi connectivity index (χ4v) is 1.91. The molecule has 4 nitrogen and oxygen atoms in total. The standard InChI is InChI=1S/C15H26O4/c1-6-10-11-15(12(5)7-2,13(16)18-8-3)14(17)19-9-4/h10-12H,6-9H2,1-5H3/b11-10+/t12-/m0/s1. The van der Waals surface area contributed by atoms with Crippen LogP contribution in [0.1, 0.15) is 47.5 Å². The Morgan fingerprint density at radius 2 is 1.53 bits per heavy atom. The molecule has 4 heteroatoms. The number of hydrogen-bond acceptors (Lipinski definition) is 4. The lowest BCUT2D eigenvalue weighted by atomic mass is 9.74. The molecule has 1 atom stereocenters. The van der Waals surface area contributed by atoms with Gasteiger partial charge in [-0.2, -0.15) is 0 Å². The van der Waals surface area contributed by atoms with Crippen LogP contribution in [0.15, 0.2) is 12.2 Å². The highest BCUT2D eigenvalue weighted by molar-refractivity contribution is 6.02. The molecule has 0 heterocycles. The second kappa shape index (κ2) is 8.73. The van der Waals surface area contributed by atoms with Crippen LogP contribution in [0.5, 0.6) is 0 Å². The second-order valence-electron chi connectivity index (χ2n) is 4.43. The molecule has 0 radical (unpaired) electrons. The molecule has 0 aromatic heterocycles. The Morgan fingerprint density at radius 1 is 1.05 bits per heavy atom. The maximum Gasteiger partial charge on any atom is 0.327 e. The fourth-order valence-electron chi connectivity index (χ4n) is 1.91. The molecule has 0 saturated heterocycles. The summed E-state index contributed by atoms with van der Waals surface area (Å²) in [6.45, 7) is 9.72. The largest absolute Gasteiger partial charge is 0.465 e. The van der Waals surface area contributed by atoms with E-state index in [1.807, 2.05) is 26.8 Å². The molecule has 0 aromatic carbocycles. The molecular weight excluding hydrogens is 244 g/mol. The molecule has 0 amide bonds. The van der Waals surface area contributed by atoms with E-state index in [0.717, 1.165) is 6.42 Å². The van der Waals surface area contributed by atoms with Crippen LogP contribution in [-0.4, -0.2) is 25.2 Å². The molecule has 0 bridgehead atoms. The van der Waals surface area contributed by atoms with E-state index in [0.29, 0.717) is 6.42 Å². The van der Waals surface area contributed by atoms with Crippen LogP contribution in [0.4, 0.5) is 0 Å². The summed E-state index contributed by atoms with van der Waals surface area (Å²) in [6, 6.07) is 0. The van der Waals surface area contributed by atoms with E-state index in [-0.39, 0.29) is 19.1 Å². The third-order valence-electron chi connectivity index (χ3n) is 3.23. The maximum absolute atomic E-state index is 12.3. The third-order valence-corrected chi connectivity index (χ3v) is 3.23. The zero-order chi connectivity index (χ0) is 14.9. The molecule has 0 aliphatic rings. The molecule has 0 saturated carbocycles. The van der Waals surface area contributed by atoms with E-state index in [4.69, 9.17) is 9.47 Å². The van der Waals surface area contributed by atoms with Crippen LogP contribution in [0.25, 0.3) is 0 Å². The van der Waals surface area contributed by atoms with Gasteiger partial charge in [-0.25, -0.2) is 0 Å². The molecule has 0 fully saturated rings. The average molecular weight is 270 g/mol. The summed E-state index contributed by atoms with van der Waals surface area (Å²) in [4.78, 5) is 24.6. The minimum atomic E-state index is -1.32. The lowest BCUT2D eigenvalue weighted by Gasteiger charge is -2.31. The predicted molar refractivity (Wildman–Crippen MR) is 74.6 cm³/mol. The lowest BCUT2D eigenvalue weighted by Crippen LogP contribution is -2.45. The summed E-state index contributed by atoms with van der Waals surface area (Å²) in [6.07, 6.45) is 4.90. The van der Waals surface area contributed by atoms with Gasteiger partial charge in [-0.15, -0.1) is 0 Å². The number of allylic oxidation sites excluding steroid dienone is 1. The number of ether oxygens (including phenoxy) is 2. The summed E-state index contributed by atoms with van der Waals surface area (Å²) < 4.78 is 10.2. The first-order chi connectivity index (χ1) is 9.00. The summed E-state index contributed by atoms with van der Waals surface area (Å²) in [5.74, 6) is -1.21. The Hall–Kier alpha value is -1.32. The molecule has 19 heavy (non-hydrogen) atoms. The molecule has 0 N–H and O–H groups in total. The van der Waals surface area contributed by atoms with Crippen LogP contribution in [-0.2, 0) is 19.1 Å². The predicted octanol–water partition coefficient (Wildman–Crippen LogP) is 3.11. The smallest absolute Gasteiger partial charge is 0.327 e. The number of esters is 2. The van der Waals surface area contributed by atoms with Gasteiger partial charge < -0.3 is 9.47 Å². The third kappa shape index (κ3) is 4.08. The van der Waals surface area contributed by atoms with E-state index >= 15 is 0 Å². The maximum atomic E-state index is 12.3. The number of rotatable bonds is 8. The van der Waals surface area contributed by atoms with Gasteiger partial charge in [-0.1, -0.05) is 39.3 Å². The van der Waals surface area contributed by atoms with Crippen LogP contribution >= 0.6 is 0 Å². The van der Waals surface area contributed by atoms with Gasteiger partial charge in [0.2, 0.25) is 0 Å². The van der Waals surface area contributed by atoms with Crippen molar-refractivity contribution in [3.05, 3.63) is 12.2 Å². The Morgan fingerprint density at radius 3 is 1.84 bits per heavy atom. The Labute approximate surface area is 116 Å². The quantitative estimate of drug-likeness (QED) is 0.386. The van der Waals surface area contributed by atoms with Gasteiger partial charge in [0.1, 0.15) is 0 Å². The van der Waals surface area contributed by atoms with Gasteiger partial charge in [-0.05, 0) is 26.2 Å². The van der Waals surface area contributed by atoms with Gasteiger partial charge in [0.15, 0.2) is 5.41 Å². The van der Waals surface area contributed by atoms with Gasteiger partial charge in [0, 0.05) is 0 Å². The molecular formula is C15H26O4. The number of hydrogen-bond donors (Lipinski definition) is 0. The normalized spacial score (nSPS) is 13.3. The van der Waals surface area contributed by atoms with Crippen molar-refractivity contribution in [2.45, 2.75) is 47.5 Å².